The van der Waals surface area contributed by atoms with E-state index in [9.17, 15) is 9.90 Å². The van der Waals surface area contributed by atoms with E-state index in [1.165, 1.54) is 0 Å². The predicted octanol–water partition coefficient (Wildman–Crippen LogP) is 3.09. The first-order valence-corrected chi connectivity index (χ1v) is 7.87. The van der Waals surface area contributed by atoms with Gasteiger partial charge in [-0.15, -0.1) is 0 Å². The molecule has 2 atom stereocenters. The van der Waals surface area contributed by atoms with Crippen LogP contribution in [0.2, 0.25) is 5.02 Å². The fourth-order valence-corrected chi connectivity index (χ4v) is 2.40. The topological polar surface area (TPSA) is 58.6 Å². The standard InChI is InChI=1S/C18H20ClNO3/c1-2-23-18(22)17(21)16(14-8-10-15(19)11-9-14)20-12-13-6-4-3-5-7-13/h3-11,16-17,20-21H,2,12H2,1H3/t16-,17-/m1/s1. The summed E-state index contributed by atoms with van der Waals surface area (Å²) in [6.07, 6.45) is -1.29. The van der Waals surface area contributed by atoms with E-state index >= 15 is 0 Å². The molecule has 23 heavy (non-hydrogen) atoms. The number of hydrogen-bond acceptors (Lipinski definition) is 4. The fraction of sp³-hybridized carbons (Fsp3) is 0.278. The van der Waals surface area contributed by atoms with Gasteiger partial charge >= 0.3 is 5.97 Å². The zero-order valence-corrected chi connectivity index (χ0v) is 13.7. The molecule has 0 spiro atoms. The number of carbonyl (C=O) groups is 1. The average Bonchev–Trinajstić information content (AvgIpc) is 2.57. The summed E-state index contributed by atoms with van der Waals surface area (Å²) in [4.78, 5) is 11.9. The Balaban J connectivity index is 2.16. The Bertz CT molecular complexity index is 616. The van der Waals surface area contributed by atoms with Gasteiger partial charge in [-0.2, -0.15) is 0 Å². The highest BCUT2D eigenvalue weighted by Gasteiger charge is 2.28. The molecule has 0 unspecified atom stereocenters. The van der Waals surface area contributed by atoms with Crippen molar-refractivity contribution in [2.24, 2.45) is 0 Å². The number of aliphatic hydroxyl groups is 1. The van der Waals surface area contributed by atoms with Crippen molar-refractivity contribution in [2.45, 2.75) is 25.6 Å². The van der Waals surface area contributed by atoms with Crippen LogP contribution in [-0.2, 0) is 16.1 Å². The quantitative estimate of drug-likeness (QED) is 0.764. The molecule has 0 saturated carbocycles. The van der Waals surface area contributed by atoms with Crippen molar-refractivity contribution in [1.82, 2.24) is 5.32 Å². The van der Waals surface area contributed by atoms with E-state index in [2.05, 4.69) is 5.32 Å². The number of esters is 1. The molecule has 2 N–H and O–H groups in total. The van der Waals surface area contributed by atoms with E-state index < -0.39 is 18.1 Å². The van der Waals surface area contributed by atoms with Crippen molar-refractivity contribution in [3.8, 4) is 0 Å². The lowest BCUT2D eigenvalue weighted by Gasteiger charge is -2.23. The highest BCUT2D eigenvalue weighted by molar-refractivity contribution is 6.30. The van der Waals surface area contributed by atoms with E-state index in [-0.39, 0.29) is 6.61 Å². The minimum atomic E-state index is -1.29. The summed E-state index contributed by atoms with van der Waals surface area (Å²) in [5.74, 6) is -0.645. The molecule has 0 aromatic heterocycles. The SMILES string of the molecule is CCOC(=O)[C@H](O)[C@H](NCc1ccccc1)c1ccc(Cl)cc1. The van der Waals surface area contributed by atoms with E-state index in [1.54, 1.807) is 31.2 Å². The first kappa shape index (κ1) is 17.5. The maximum atomic E-state index is 11.9. The van der Waals surface area contributed by atoms with Crippen LogP contribution in [-0.4, -0.2) is 23.8 Å². The van der Waals surface area contributed by atoms with Crippen molar-refractivity contribution < 1.29 is 14.6 Å². The Kier molecular flexibility index (Phi) is 6.59. The van der Waals surface area contributed by atoms with Gasteiger partial charge in [0.2, 0.25) is 0 Å². The highest BCUT2D eigenvalue weighted by Crippen LogP contribution is 2.21. The van der Waals surface area contributed by atoms with Gasteiger partial charge in [0.15, 0.2) is 6.10 Å². The molecule has 0 heterocycles. The summed E-state index contributed by atoms with van der Waals surface area (Å²) in [5.41, 5.74) is 1.83. The minimum Gasteiger partial charge on any atom is -0.464 e. The van der Waals surface area contributed by atoms with Gasteiger partial charge < -0.3 is 15.2 Å². The summed E-state index contributed by atoms with van der Waals surface area (Å²) in [6.45, 7) is 2.45. The van der Waals surface area contributed by atoms with E-state index in [0.29, 0.717) is 11.6 Å². The molecule has 0 radical (unpaired) electrons. The number of halogens is 1. The third-order valence-corrected chi connectivity index (χ3v) is 3.69. The van der Waals surface area contributed by atoms with Gasteiger partial charge in [0.05, 0.1) is 12.6 Å². The summed E-state index contributed by atoms with van der Waals surface area (Å²) in [6, 6.07) is 16.2. The summed E-state index contributed by atoms with van der Waals surface area (Å²) in [5, 5.41) is 14.2. The molecule has 5 heteroatoms. The lowest BCUT2D eigenvalue weighted by Crippen LogP contribution is -2.38. The first-order chi connectivity index (χ1) is 11.1. The number of ether oxygens (including phenoxy) is 1. The second-order valence-electron chi connectivity index (χ2n) is 5.09. The van der Waals surface area contributed by atoms with Crippen LogP contribution in [0.5, 0.6) is 0 Å². The van der Waals surface area contributed by atoms with Crippen molar-refractivity contribution >= 4 is 17.6 Å². The number of benzene rings is 2. The lowest BCUT2D eigenvalue weighted by atomic mass is 10.0. The smallest absolute Gasteiger partial charge is 0.336 e. The Labute approximate surface area is 141 Å². The normalized spacial score (nSPS) is 13.3. The Morgan fingerprint density at radius 1 is 1.17 bits per heavy atom. The summed E-state index contributed by atoms with van der Waals surface area (Å²) in [7, 11) is 0. The Morgan fingerprint density at radius 3 is 2.43 bits per heavy atom. The van der Waals surface area contributed by atoms with Gasteiger partial charge in [0.25, 0.3) is 0 Å². The summed E-state index contributed by atoms with van der Waals surface area (Å²) >= 11 is 5.91. The third-order valence-electron chi connectivity index (χ3n) is 3.44. The van der Waals surface area contributed by atoms with Gasteiger partial charge in [0, 0.05) is 11.6 Å². The predicted molar refractivity (Wildman–Crippen MR) is 90.1 cm³/mol. The van der Waals surface area contributed by atoms with Crippen LogP contribution in [0.3, 0.4) is 0 Å². The largest absolute Gasteiger partial charge is 0.464 e. The molecule has 0 aliphatic carbocycles. The number of carbonyl (C=O) groups excluding carboxylic acids is 1. The third kappa shape index (κ3) is 5.06. The van der Waals surface area contributed by atoms with Crippen LogP contribution in [0.25, 0.3) is 0 Å². The van der Waals surface area contributed by atoms with Gasteiger partial charge in [-0.05, 0) is 30.2 Å². The Morgan fingerprint density at radius 2 is 1.83 bits per heavy atom. The van der Waals surface area contributed by atoms with E-state index in [0.717, 1.165) is 11.1 Å². The molecule has 0 aliphatic rings. The zero-order valence-electron chi connectivity index (χ0n) is 12.9. The molecule has 4 nitrogen and oxygen atoms in total. The molecule has 122 valence electrons. The van der Waals surface area contributed by atoms with E-state index in [4.69, 9.17) is 16.3 Å². The molecule has 2 aromatic carbocycles. The molecule has 0 bridgehead atoms. The van der Waals surface area contributed by atoms with E-state index in [1.807, 2.05) is 30.3 Å². The molecule has 2 rings (SSSR count). The number of hydrogen-bond donors (Lipinski definition) is 2. The summed E-state index contributed by atoms with van der Waals surface area (Å²) < 4.78 is 4.93. The second-order valence-corrected chi connectivity index (χ2v) is 5.53. The highest BCUT2D eigenvalue weighted by atomic mass is 35.5. The van der Waals surface area contributed by atoms with Gasteiger partial charge in [-0.1, -0.05) is 54.1 Å². The number of nitrogens with one attached hydrogen (secondary N) is 1. The van der Waals surface area contributed by atoms with Crippen LogP contribution in [0.15, 0.2) is 54.6 Å². The molecule has 0 saturated heterocycles. The second kappa shape index (κ2) is 8.67. The zero-order chi connectivity index (χ0) is 16.7. The maximum Gasteiger partial charge on any atom is 0.336 e. The Hall–Kier alpha value is -1.88. The van der Waals surface area contributed by atoms with Crippen molar-refractivity contribution in [1.29, 1.82) is 0 Å². The molecule has 0 amide bonds. The maximum absolute atomic E-state index is 11.9. The molecule has 0 fully saturated rings. The first-order valence-electron chi connectivity index (χ1n) is 7.49. The average molecular weight is 334 g/mol. The van der Waals surface area contributed by atoms with Gasteiger partial charge in [0.1, 0.15) is 0 Å². The van der Waals surface area contributed by atoms with Crippen molar-refractivity contribution in [3.63, 3.8) is 0 Å². The van der Waals surface area contributed by atoms with Crippen LogP contribution < -0.4 is 5.32 Å². The van der Waals surface area contributed by atoms with Crippen molar-refractivity contribution in [2.75, 3.05) is 6.61 Å². The van der Waals surface area contributed by atoms with Crippen LogP contribution >= 0.6 is 11.6 Å². The molecule has 2 aromatic rings. The molecular formula is C18H20ClNO3. The monoisotopic (exact) mass is 333 g/mol. The molecule has 0 aliphatic heterocycles. The van der Waals surface area contributed by atoms with Crippen LogP contribution in [0.4, 0.5) is 0 Å². The number of aliphatic hydroxyl groups excluding tert-OH is 1. The fourth-order valence-electron chi connectivity index (χ4n) is 2.27. The molecular weight excluding hydrogens is 314 g/mol. The van der Waals surface area contributed by atoms with Crippen LogP contribution in [0, 0.1) is 0 Å². The van der Waals surface area contributed by atoms with Crippen molar-refractivity contribution in [3.05, 3.63) is 70.7 Å². The lowest BCUT2D eigenvalue weighted by molar-refractivity contribution is -0.154. The van der Waals surface area contributed by atoms with Crippen LogP contribution in [0.1, 0.15) is 24.1 Å². The van der Waals surface area contributed by atoms with Gasteiger partial charge in [-0.3, -0.25) is 0 Å². The van der Waals surface area contributed by atoms with Gasteiger partial charge in [-0.25, -0.2) is 4.79 Å². The number of rotatable bonds is 7. The minimum absolute atomic E-state index is 0.224.